The first kappa shape index (κ1) is 11.2. The third kappa shape index (κ3) is 2.34. The molecule has 1 heterocycles. The van der Waals surface area contributed by atoms with E-state index in [0.717, 1.165) is 4.57 Å². The predicted octanol–water partition coefficient (Wildman–Crippen LogP) is 0.505. The van der Waals surface area contributed by atoms with Gasteiger partial charge in [-0.25, -0.2) is 4.79 Å². The molecule has 0 atom stereocenters. The molecule has 0 aliphatic heterocycles. The summed E-state index contributed by atoms with van der Waals surface area (Å²) in [5.74, 6) is 0. The average Bonchev–Trinajstić information content (AvgIpc) is 2.17. The number of nitrogens with zero attached hydrogens (tertiary/aromatic N) is 3. The van der Waals surface area contributed by atoms with E-state index in [9.17, 15) is 9.59 Å². The Balaban J connectivity index is 3.26. The molecule has 0 radical (unpaired) electrons. The molecule has 0 amide bonds. The summed E-state index contributed by atoms with van der Waals surface area (Å²) >= 11 is 0. The highest BCUT2D eigenvalue weighted by atomic mass is 16.2. The van der Waals surface area contributed by atoms with E-state index in [1.54, 1.807) is 0 Å². The van der Waals surface area contributed by atoms with Crippen molar-refractivity contribution in [3.8, 4) is 6.07 Å². The van der Waals surface area contributed by atoms with Crippen LogP contribution in [0.3, 0.4) is 0 Å². The molecule has 0 unspecified atom stereocenters. The number of rotatable bonds is 3. The van der Waals surface area contributed by atoms with Gasteiger partial charge in [0.2, 0.25) is 0 Å². The molecule has 0 N–H and O–H groups in total. The molecule has 0 aliphatic carbocycles. The fourth-order valence-electron chi connectivity index (χ4n) is 1.29. The summed E-state index contributed by atoms with van der Waals surface area (Å²) in [7, 11) is 0. The maximum atomic E-state index is 11.8. The smallest absolute Gasteiger partial charge is 0.298 e. The quantitative estimate of drug-likeness (QED) is 0.725. The number of nitriles is 1. The van der Waals surface area contributed by atoms with E-state index in [2.05, 4.69) is 0 Å². The Kier molecular flexibility index (Phi) is 3.45. The molecule has 0 fully saturated rings. The fourth-order valence-corrected chi connectivity index (χ4v) is 1.29. The largest absolute Gasteiger partial charge is 0.331 e. The average molecular weight is 207 g/mol. The Bertz CT molecular complexity index is 491. The summed E-state index contributed by atoms with van der Waals surface area (Å²) in [5, 5.41) is 8.41. The van der Waals surface area contributed by atoms with E-state index in [0.29, 0.717) is 0 Å². The Hall–Kier alpha value is -1.83. The van der Waals surface area contributed by atoms with Gasteiger partial charge < -0.3 is 0 Å². The normalized spacial score (nSPS) is 10.3. The Morgan fingerprint density at radius 3 is 2.67 bits per heavy atom. The highest BCUT2D eigenvalue weighted by molar-refractivity contribution is 4.88. The van der Waals surface area contributed by atoms with Gasteiger partial charge in [-0.15, -0.1) is 0 Å². The van der Waals surface area contributed by atoms with Gasteiger partial charge in [-0.2, -0.15) is 5.26 Å². The maximum absolute atomic E-state index is 11.8. The summed E-state index contributed by atoms with van der Waals surface area (Å²) in [6.45, 7) is 3.88. The van der Waals surface area contributed by atoms with Crippen LogP contribution in [0.25, 0.3) is 0 Å². The van der Waals surface area contributed by atoms with Crippen molar-refractivity contribution in [1.82, 2.24) is 9.13 Å². The molecule has 80 valence electrons. The predicted molar refractivity (Wildman–Crippen MR) is 55.6 cm³/mol. The zero-order valence-corrected chi connectivity index (χ0v) is 8.80. The third-order valence-electron chi connectivity index (χ3n) is 2.10. The minimum absolute atomic E-state index is 0.00596. The van der Waals surface area contributed by atoms with Gasteiger partial charge in [0.25, 0.3) is 5.56 Å². The lowest BCUT2D eigenvalue weighted by molar-refractivity contribution is 0.509. The minimum Gasteiger partial charge on any atom is -0.298 e. The van der Waals surface area contributed by atoms with Crippen LogP contribution in [0.15, 0.2) is 21.9 Å². The Labute approximate surface area is 87.2 Å². The summed E-state index contributed by atoms with van der Waals surface area (Å²) in [6, 6.07) is 3.26. The van der Waals surface area contributed by atoms with Crippen LogP contribution < -0.4 is 11.2 Å². The second kappa shape index (κ2) is 4.60. The Morgan fingerprint density at radius 2 is 2.13 bits per heavy atom. The van der Waals surface area contributed by atoms with Gasteiger partial charge in [0, 0.05) is 24.8 Å². The van der Waals surface area contributed by atoms with Crippen LogP contribution in [0.5, 0.6) is 0 Å². The Morgan fingerprint density at radius 1 is 1.47 bits per heavy atom. The molecule has 1 aromatic heterocycles. The highest BCUT2D eigenvalue weighted by Crippen LogP contribution is 1.96. The van der Waals surface area contributed by atoms with Crippen molar-refractivity contribution in [3.63, 3.8) is 0 Å². The topological polar surface area (TPSA) is 67.8 Å². The summed E-state index contributed by atoms with van der Waals surface area (Å²) in [6.07, 6.45) is 1.65. The van der Waals surface area contributed by atoms with Crippen molar-refractivity contribution >= 4 is 0 Å². The van der Waals surface area contributed by atoms with Gasteiger partial charge in [0.1, 0.15) is 0 Å². The molecule has 0 saturated heterocycles. The molecule has 5 nitrogen and oxygen atoms in total. The zero-order chi connectivity index (χ0) is 11.4. The van der Waals surface area contributed by atoms with Crippen LogP contribution in [0.1, 0.15) is 26.3 Å². The van der Waals surface area contributed by atoms with Crippen molar-refractivity contribution in [3.05, 3.63) is 33.1 Å². The van der Waals surface area contributed by atoms with Crippen molar-refractivity contribution in [2.75, 3.05) is 0 Å². The molecule has 1 rings (SSSR count). The van der Waals surface area contributed by atoms with Crippen molar-refractivity contribution in [1.29, 1.82) is 5.26 Å². The van der Waals surface area contributed by atoms with Crippen molar-refractivity contribution in [2.24, 2.45) is 0 Å². The van der Waals surface area contributed by atoms with Gasteiger partial charge in [-0.3, -0.25) is 13.9 Å². The van der Waals surface area contributed by atoms with E-state index < -0.39 is 0 Å². The van der Waals surface area contributed by atoms with E-state index in [-0.39, 0.29) is 30.3 Å². The van der Waals surface area contributed by atoms with E-state index in [4.69, 9.17) is 5.26 Å². The summed E-state index contributed by atoms with van der Waals surface area (Å²) in [5.41, 5.74) is -0.708. The molecule has 0 spiro atoms. The fraction of sp³-hybridized carbons (Fsp3) is 0.500. The lowest BCUT2D eigenvalue weighted by atomic mass is 10.4. The lowest BCUT2D eigenvalue weighted by Crippen LogP contribution is -2.39. The molecule has 0 aliphatic rings. The number of hydrogen-bond donors (Lipinski definition) is 0. The van der Waals surface area contributed by atoms with Crippen molar-refractivity contribution in [2.45, 2.75) is 32.9 Å². The van der Waals surface area contributed by atoms with E-state index >= 15 is 0 Å². The summed E-state index contributed by atoms with van der Waals surface area (Å²) < 4.78 is 2.56. The van der Waals surface area contributed by atoms with E-state index in [1.165, 1.54) is 16.8 Å². The maximum Gasteiger partial charge on any atom is 0.331 e. The molecule has 0 saturated carbocycles. The second-order valence-electron chi connectivity index (χ2n) is 3.50. The molecule has 0 bridgehead atoms. The molecular weight excluding hydrogens is 194 g/mol. The minimum atomic E-state index is -0.354. The summed E-state index contributed by atoms with van der Waals surface area (Å²) in [4.78, 5) is 23.1. The zero-order valence-electron chi connectivity index (χ0n) is 8.80. The van der Waals surface area contributed by atoms with Gasteiger partial charge in [-0.05, 0) is 13.8 Å². The molecular formula is C10H13N3O2. The van der Waals surface area contributed by atoms with Gasteiger partial charge >= 0.3 is 5.69 Å². The first-order valence-corrected chi connectivity index (χ1v) is 4.77. The first-order chi connectivity index (χ1) is 7.07. The van der Waals surface area contributed by atoms with Crippen LogP contribution in [0.4, 0.5) is 0 Å². The standard InChI is InChI=1S/C10H13N3O2/c1-8(2)12-7-4-9(14)13(10(12)15)6-3-5-11/h4,7-8H,3,6H2,1-2H3. The monoisotopic (exact) mass is 207 g/mol. The number of aromatic nitrogens is 2. The molecule has 0 aromatic carbocycles. The van der Waals surface area contributed by atoms with Crippen LogP contribution in [-0.4, -0.2) is 9.13 Å². The number of hydrogen-bond acceptors (Lipinski definition) is 3. The highest BCUT2D eigenvalue weighted by Gasteiger charge is 2.06. The second-order valence-corrected chi connectivity index (χ2v) is 3.50. The molecule has 1 aromatic rings. The van der Waals surface area contributed by atoms with Crippen molar-refractivity contribution < 1.29 is 0 Å². The first-order valence-electron chi connectivity index (χ1n) is 4.77. The van der Waals surface area contributed by atoms with Crippen LogP contribution in [0, 0.1) is 11.3 Å². The van der Waals surface area contributed by atoms with Crippen LogP contribution in [0.2, 0.25) is 0 Å². The molecule has 5 heteroatoms. The van der Waals surface area contributed by atoms with Crippen LogP contribution >= 0.6 is 0 Å². The third-order valence-corrected chi connectivity index (χ3v) is 2.10. The lowest BCUT2D eigenvalue weighted by Gasteiger charge is -2.11. The van der Waals surface area contributed by atoms with Gasteiger partial charge in [-0.1, -0.05) is 0 Å². The van der Waals surface area contributed by atoms with Gasteiger partial charge in [0.15, 0.2) is 0 Å². The van der Waals surface area contributed by atoms with Gasteiger partial charge in [0.05, 0.1) is 12.5 Å². The van der Waals surface area contributed by atoms with Crippen LogP contribution in [-0.2, 0) is 6.54 Å². The molecule has 15 heavy (non-hydrogen) atoms. The SMILES string of the molecule is CC(C)n1ccc(=O)n(CCC#N)c1=O. The van der Waals surface area contributed by atoms with E-state index in [1.807, 2.05) is 19.9 Å².